The maximum atomic E-state index is 5.91. The summed E-state index contributed by atoms with van der Waals surface area (Å²) in [4.78, 5) is 6.85. The van der Waals surface area contributed by atoms with Crippen LogP contribution in [0.1, 0.15) is 44.2 Å². The summed E-state index contributed by atoms with van der Waals surface area (Å²) in [5.41, 5.74) is 1.63. The van der Waals surface area contributed by atoms with Crippen LogP contribution in [0.15, 0.2) is 16.5 Å². The second kappa shape index (κ2) is 7.30. The number of aryl methyl sites for hydroxylation is 1. The summed E-state index contributed by atoms with van der Waals surface area (Å²) in [5, 5.41) is 8.44. The largest absolute Gasteiger partial charge is 0.480 e. The molecule has 1 fully saturated rings. The van der Waals surface area contributed by atoms with Gasteiger partial charge in [0.25, 0.3) is 5.89 Å². The molecular formula is C18H26N4O2. The van der Waals surface area contributed by atoms with Crippen LogP contribution in [0.4, 0.5) is 0 Å². The molecule has 0 saturated carbocycles. The maximum absolute atomic E-state index is 5.91. The highest BCUT2D eigenvalue weighted by Crippen LogP contribution is 2.29. The fraction of sp³-hybridized carbons (Fsp3) is 0.611. The lowest BCUT2D eigenvalue weighted by Crippen LogP contribution is -2.35. The number of rotatable bonds is 5. The van der Waals surface area contributed by atoms with Crippen molar-refractivity contribution >= 4 is 0 Å². The Kier molecular flexibility index (Phi) is 5.14. The van der Waals surface area contributed by atoms with Gasteiger partial charge in [0.15, 0.2) is 0 Å². The average molecular weight is 330 g/mol. The van der Waals surface area contributed by atoms with Gasteiger partial charge in [-0.05, 0) is 50.9 Å². The van der Waals surface area contributed by atoms with E-state index in [1.54, 1.807) is 7.11 Å². The molecule has 0 amide bonds. The van der Waals surface area contributed by atoms with Crippen LogP contribution in [0.2, 0.25) is 0 Å². The second-order valence-electron chi connectivity index (χ2n) is 6.84. The summed E-state index contributed by atoms with van der Waals surface area (Å²) in [6.07, 6.45) is 2.54. The molecule has 1 unspecified atom stereocenters. The predicted octanol–water partition coefficient (Wildman–Crippen LogP) is 3.28. The van der Waals surface area contributed by atoms with E-state index in [0.29, 0.717) is 17.7 Å². The molecule has 2 aromatic rings. The average Bonchev–Trinajstić information content (AvgIpc) is 3.06. The quantitative estimate of drug-likeness (QED) is 0.838. The first-order valence-corrected chi connectivity index (χ1v) is 8.64. The van der Waals surface area contributed by atoms with Crippen molar-refractivity contribution in [2.45, 2.75) is 39.5 Å². The zero-order valence-corrected chi connectivity index (χ0v) is 15.0. The first-order valence-electron chi connectivity index (χ1n) is 8.64. The number of methoxy groups -OCH3 is 1. The Morgan fingerprint density at radius 2 is 2.04 bits per heavy atom. The van der Waals surface area contributed by atoms with Gasteiger partial charge in [-0.2, -0.15) is 0 Å². The Hall–Kier alpha value is -1.95. The van der Waals surface area contributed by atoms with Gasteiger partial charge in [-0.15, -0.1) is 10.2 Å². The lowest BCUT2D eigenvalue weighted by atomic mass is 9.98. The number of ether oxygens (including phenoxy) is 1. The summed E-state index contributed by atoms with van der Waals surface area (Å²) in [6, 6.07) is 3.83. The molecule has 0 aromatic carbocycles. The lowest BCUT2D eigenvalue weighted by molar-refractivity contribution is 0.179. The standard InChI is InChI=1S/C18H26N4O2/c1-12-7-9-22(10-8-12)11-13(2)16-20-21-18(24-16)15-6-5-14(3)19-17(15)23-4/h5-6,12-13H,7-11H2,1-4H3. The molecule has 3 rings (SSSR count). The van der Waals surface area contributed by atoms with Crippen molar-refractivity contribution < 1.29 is 9.15 Å². The van der Waals surface area contributed by atoms with E-state index in [0.717, 1.165) is 36.8 Å². The van der Waals surface area contributed by atoms with Crippen molar-refractivity contribution in [2.24, 2.45) is 5.92 Å². The highest BCUT2D eigenvalue weighted by atomic mass is 16.5. The van der Waals surface area contributed by atoms with Crippen LogP contribution < -0.4 is 4.74 Å². The van der Waals surface area contributed by atoms with Crippen molar-refractivity contribution in [1.29, 1.82) is 0 Å². The highest BCUT2D eigenvalue weighted by molar-refractivity contribution is 5.59. The van der Waals surface area contributed by atoms with Gasteiger partial charge in [0, 0.05) is 18.2 Å². The van der Waals surface area contributed by atoms with Gasteiger partial charge < -0.3 is 14.1 Å². The van der Waals surface area contributed by atoms with Crippen LogP contribution in [0.25, 0.3) is 11.5 Å². The normalized spacial score (nSPS) is 17.8. The van der Waals surface area contributed by atoms with Crippen LogP contribution in [0.3, 0.4) is 0 Å². The minimum absolute atomic E-state index is 0.212. The fourth-order valence-corrected chi connectivity index (χ4v) is 3.10. The van der Waals surface area contributed by atoms with Crippen LogP contribution in [-0.4, -0.2) is 46.8 Å². The van der Waals surface area contributed by atoms with E-state index in [1.165, 1.54) is 12.8 Å². The molecule has 0 N–H and O–H groups in total. The number of piperidine rings is 1. The zero-order valence-electron chi connectivity index (χ0n) is 15.0. The van der Waals surface area contributed by atoms with Crippen molar-refractivity contribution in [1.82, 2.24) is 20.1 Å². The summed E-state index contributed by atoms with van der Waals surface area (Å²) in [7, 11) is 1.60. The Labute approximate surface area is 143 Å². The van der Waals surface area contributed by atoms with Crippen LogP contribution in [0, 0.1) is 12.8 Å². The first kappa shape index (κ1) is 16.9. The smallest absolute Gasteiger partial charge is 0.253 e. The van der Waals surface area contributed by atoms with E-state index in [1.807, 2.05) is 19.1 Å². The second-order valence-corrected chi connectivity index (χ2v) is 6.84. The molecule has 3 heterocycles. The maximum Gasteiger partial charge on any atom is 0.253 e. The van der Waals surface area contributed by atoms with E-state index in [9.17, 15) is 0 Å². The van der Waals surface area contributed by atoms with Crippen molar-refractivity contribution in [3.05, 3.63) is 23.7 Å². The summed E-state index contributed by atoms with van der Waals surface area (Å²) < 4.78 is 11.2. The third-order valence-electron chi connectivity index (χ3n) is 4.69. The molecule has 1 saturated heterocycles. The van der Waals surface area contributed by atoms with Crippen molar-refractivity contribution in [3.8, 4) is 17.3 Å². The van der Waals surface area contributed by atoms with Gasteiger partial charge in [0.05, 0.1) is 7.11 Å². The first-order chi connectivity index (χ1) is 11.6. The number of hydrogen-bond acceptors (Lipinski definition) is 6. The number of nitrogens with zero attached hydrogens (tertiary/aromatic N) is 4. The minimum atomic E-state index is 0.212. The Morgan fingerprint density at radius 3 is 2.75 bits per heavy atom. The van der Waals surface area contributed by atoms with Crippen LogP contribution >= 0.6 is 0 Å². The summed E-state index contributed by atoms with van der Waals surface area (Å²) in [5.74, 6) is 2.71. The van der Waals surface area contributed by atoms with Gasteiger partial charge in [0.1, 0.15) is 5.56 Å². The van der Waals surface area contributed by atoms with E-state index < -0.39 is 0 Å². The van der Waals surface area contributed by atoms with Crippen LogP contribution in [-0.2, 0) is 0 Å². The number of pyridine rings is 1. The molecule has 1 aliphatic rings. The molecule has 6 nitrogen and oxygen atoms in total. The Bertz CT molecular complexity index is 677. The number of hydrogen-bond donors (Lipinski definition) is 0. The van der Waals surface area contributed by atoms with E-state index >= 15 is 0 Å². The molecule has 0 aliphatic carbocycles. The molecular weight excluding hydrogens is 304 g/mol. The molecule has 0 spiro atoms. The van der Waals surface area contributed by atoms with Gasteiger partial charge in [-0.3, -0.25) is 0 Å². The molecule has 1 aliphatic heterocycles. The molecule has 1 atom stereocenters. The Morgan fingerprint density at radius 1 is 1.29 bits per heavy atom. The lowest BCUT2D eigenvalue weighted by Gasteiger charge is -2.31. The van der Waals surface area contributed by atoms with Crippen molar-refractivity contribution in [3.63, 3.8) is 0 Å². The summed E-state index contributed by atoms with van der Waals surface area (Å²) in [6.45, 7) is 9.66. The monoisotopic (exact) mass is 330 g/mol. The van der Waals surface area contributed by atoms with Gasteiger partial charge >= 0.3 is 0 Å². The number of aromatic nitrogens is 3. The third kappa shape index (κ3) is 3.75. The summed E-state index contributed by atoms with van der Waals surface area (Å²) >= 11 is 0. The van der Waals surface area contributed by atoms with Crippen LogP contribution in [0.5, 0.6) is 5.88 Å². The zero-order chi connectivity index (χ0) is 17.1. The van der Waals surface area contributed by atoms with Crippen molar-refractivity contribution in [2.75, 3.05) is 26.7 Å². The highest BCUT2D eigenvalue weighted by Gasteiger charge is 2.22. The van der Waals surface area contributed by atoms with E-state index in [4.69, 9.17) is 9.15 Å². The van der Waals surface area contributed by atoms with E-state index in [2.05, 4.69) is 33.9 Å². The molecule has 130 valence electrons. The molecule has 2 aromatic heterocycles. The molecule has 0 radical (unpaired) electrons. The third-order valence-corrected chi connectivity index (χ3v) is 4.69. The topological polar surface area (TPSA) is 64.3 Å². The molecule has 6 heteroatoms. The van der Waals surface area contributed by atoms with Gasteiger partial charge in [-0.1, -0.05) is 13.8 Å². The SMILES string of the molecule is COc1nc(C)ccc1-c1nnc(C(C)CN2CCC(C)CC2)o1. The predicted molar refractivity (Wildman–Crippen MR) is 92.1 cm³/mol. The minimum Gasteiger partial charge on any atom is -0.480 e. The Balaban J connectivity index is 1.71. The molecule has 24 heavy (non-hydrogen) atoms. The molecule has 0 bridgehead atoms. The van der Waals surface area contributed by atoms with Gasteiger partial charge in [0.2, 0.25) is 11.8 Å². The number of likely N-dealkylation sites (tertiary alicyclic amines) is 1. The fourth-order valence-electron chi connectivity index (χ4n) is 3.10. The van der Waals surface area contributed by atoms with E-state index in [-0.39, 0.29) is 5.92 Å². The van der Waals surface area contributed by atoms with Gasteiger partial charge in [-0.25, -0.2) is 4.98 Å².